The zero-order valence-electron chi connectivity index (χ0n) is 14.9. The molecule has 7 heteroatoms. The third-order valence-electron chi connectivity index (χ3n) is 3.68. The Hall–Kier alpha value is -1.22. The maximum atomic E-state index is 13.3. The van der Waals surface area contributed by atoms with Crippen molar-refractivity contribution >= 4 is 41.3 Å². The van der Waals surface area contributed by atoms with Gasteiger partial charge in [0.05, 0.1) is 5.01 Å². The summed E-state index contributed by atoms with van der Waals surface area (Å²) in [6.45, 7) is 5.29. The SMILES string of the molecule is CN=C(NCCCCc1nc(C)cs1)NCc1ccc(F)c(C)c1.I. The zero-order valence-corrected chi connectivity index (χ0v) is 18.1. The van der Waals surface area contributed by atoms with Crippen LogP contribution in [-0.2, 0) is 13.0 Å². The normalized spacial score (nSPS) is 11.1. The molecule has 0 aliphatic rings. The third-order valence-corrected chi connectivity index (χ3v) is 4.71. The number of unbranched alkanes of at least 4 members (excludes halogenated alkanes) is 1. The average molecular weight is 476 g/mol. The highest BCUT2D eigenvalue weighted by molar-refractivity contribution is 14.0. The van der Waals surface area contributed by atoms with Gasteiger partial charge in [0.25, 0.3) is 0 Å². The van der Waals surface area contributed by atoms with E-state index in [-0.39, 0.29) is 29.8 Å². The highest BCUT2D eigenvalue weighted by Crippen LogP contribution is 2.11. The first-order valence-corrected chi connectivity index (χ1v) is 9.07. The largest absolute Gasteiger partial charge is 0.356 e. The number of benzene rings is 1. The molecule has 0 unspecified atom stereocenters. The van der Waals surface area contributed by atoms with Crippen molar-refractivity contribution in [1.29, 1.82) is 0 Å². The van der Waals surface area contributed by atoms with Gasteiger partial charge in [0, 0.05) is 31.2 Å². The van der Waals surface area contributed by atoms with E-state index < -0.39 is 0 Å². The first-order valence-electron chi connectivity index (χ1n) is 8.19. The predicted molar refractivity (Wildman–Crippen MR) is 115 cm³/mol. The van der Waals surface area contributed by atoms with Crippen LogP contribution in [0.4, 0.5) is 4.39 Å². The molecule has 0 aliphatic carbocycles. The Morgan fingerprint density at radius 2 is 2.04 bits per heavy atom. The van der Waals surface area contributed by atoms with Gasteiger partial charge >= 0.3 is 0 Å². The number of guanidine groups is 1. The third kappa shape index (κ3) is 7.68. The molecule has 1 heterocycles. The van der Waals surface area contributed by atoms with Crippen LogP contribution in [0.15, 0.2) is 28.6 Å². The van der Waals surface area contributed by atoms with Gasteiger partial charge in [-0.05, 0) is 50.3 Å². The summed E-state index contributed by atoms with van der Waals surface area (Å²) in [5, 5.41) is 9.86. The Morgan fingerprint density at radius 3 is 2.68 bits per heavy atom. The van der Waals surface area contributed by atoms with Crippen molar-refractivity contribution in [2.75, 3.05) is 13.6 Å². The van der Waals surface area contributed by atoms with Crippen molar-refractivity contribution in [2.24, 2.45) is 4.99 Å². The number of halogens is 2. The number of nitrogens with one attached hydrogen (secondary N) is 2. The Bertz CT molecular complexity index is 687. The lowest BCUT2D eigenvalue weighted by Gasteiger charge is -2.12. The Labute approximate surface area is 170 Å². The number of rotatable bonds is 7. The van der Waals surface area contributed by atoms with Crippen molar-refractivity contribution < 1.29 is 4.39 Å². The highest BCUT2D eigenvalue weighted by Gasteiger charge is 2.02. The van der Waals surface area contributed by atoms with Gasteiger partial charge in [0.2, 0.25) is 0 Å². The van der Waals surface area contributed by atoms with Crippen LogP contribution < -0.4 is 10.6 Å². The van der Waals surface area contributed by atoms with Crippen molar-refractivity contribution in [2.45, 2.75) is 39.7 Å². The lowest BCUT2D eigenvalue weighted by molar-refractivity contribution is 0.617. The molecule has 2 N–H and O–H groups in total. The molecule has 0 amide bonds. The average Bonchev–Trinajstić information content (AvgIpc) is 2.98. The summed E-state index contributed by atoms with van der Waals surface area (Å²) in [6, 6.07) is 5.15. The summed E-state index contributed by atoms with van der Waals surface area (Å²) in [4.78, 5) is 8.68. The second-order valence-corrected chi connectivity index (χ2v) is 6.72. The van der Waals surface area contributed by atoms with E-state index in [9.17, 15) is 4.39 Å². The minimum absolute atomic E-state index is 0. The Balaban J connectivity index is 0.00000312. The maximum absolute atomic E-state index is 13.3. The molecule has 0 atom stereocenters. The lowest BCUT2D eigenvalue weighted by atomic mass is 10.1. The molecule has 0 spiro atoms. The molecule has 1 aromatic heterocycles. The van der Waals surface area contributed by atoms with E-state index in [1.165, 1.54) is 11.1 Å². The van der Waals surface area contributed by atoms with E-state index in [1.807, 2.05) is 13.0 Å². The molecular formula is C18H26FIN4S. The molecule has 0 bridgehead atoms. The molecule has 0 saturated carbocycles. The van der Waals surface area contributed by atoms with Gasteiger partial charge in [-0.1, -0.05) is 12.1 Å². The van der Waals surface area contributed by atoms with Crippen LogP contribution in [0.3, 0.4) is 0 Å². The summed E-state index contributed by atoms with van der Waals surface area (Å²) >= 11 is 1.73. The van der Waals surface area contributed by atoms with Crippen LogP contribution in [0, 0.1) is 19.7 Å². The first kappa shape index (κ1) is 21.8. The molecular weight excluding hydrogens is 450 g/mol. The van der Waals surface area contributed by atoms with Crippen LogP contribution in [0.1, 0.15) is 34.7 Å². The minimum Gasteiger partial charge on any atom is -0.356 e. The molecule has 4 nitrogen and oxygen atoms in total. The summed E-state index contributed by atoms with van der Waals surface area (Å²) in [5.74, 6) is 0.596. The second-order valence-electron chi connectivity index (χ2n) is 5.78. The lowest BCUT2D eigenvalue weighted by Crippen LogP contribution is -2.37. The summed E-state index contributed by atoms with van der Waals surface area (Å²) in [5.41, 5.74) is 2.81. The van der Waals surface area contributed by atoms with Gasteiger partial charge < -0.3 is 10.6 Å². The number of nitrogens with zero attached hydrogens (tertiary/aromatic N) is 2. The standard InChI is InChI=1S/C18H25FN4S.HI/c1-13-10-15(7-8-16(13)19)11-22-18(20-3)21-9-5-4-6-17-23-14(2)12-24-17;/h7-8,10,12H,4-6,9,11H2,1-3H3,(H2,20,21,22);1H. The van der Waals surface area contributed by atoms with Gasteiger partial charge in [-0.3, -0.25) is 4.99 Å². The molecule has 0 fully saturated rings. The summed E-state index contributed by atoms with van der Waals surface area (Å²) in [7, 11) is 1.75. The van der Waals surface area contributed by atoms with Crippen molar-refractivity contribution in [3.63, 3.8) is 0 Å². The monoisotopic (exact) mass is 476 g/mol. The number of aryl methyl sites for hydroxylation is 3. The van der Waals surface area contributed by atoms with Crippen molar-refractivity contribution in [1.82, 2.24) is 15.6 Å². The molecule has 25 heavy (non-hydrogen) atoms. The Kier molecular flexibility index (Phi) is 9.96. The van der Waals surface area contributed by atoms with Crippen molar-refractivity contribution in [3.8, 4) is 0 Å². The highest BCUT2D eigenvalue weighted by atomic mass is 127. The molecule has 0 aliphatic heterocycles. The van der Waals surface area contributed by atoms with E-state index in [0.717, 1.165) is 43.0 Å². The van der Waals surface area contributed by atoms with Gasteiger partial charge in [-0.25, -0.2) is 9.37 Å². The Morgan fingerprint density at radius 1 is 1.24 bits per heavy atom. The van der Waals surface area contributed by atoms with Gasteiger partial charge in [0.1, 0.15) is 5.82 Å². The topological polar surface area (TPSA) is 49.3 Å². The number of hydrogen-bond acceptors (Lipinski definition) is 3. The fraction of sp³-hybridized carbons (Fsp3) is 0.444. The minimum atomic E-state index is -0.170. The molecule has 138 valence electrons. The molecule has 1 aromatic carbocycles. The summed E-state index contributed by atoms with van der Waals surface area (Å²) in [6.07, 6.45) is 3.20. The van der Waals surface area contributed by atoms with Gasteiger partial charge in [-0.2, -0.15) is 0 Å². The van der Waals surface area contributed by atoms with Crippen LogP contribution in [0.5, 0.6) is 0 Å². The predicted octanol–water partition coefficient (Wildman–Crippen LogP) is 4.20. The molecule has 2 rings (SSSR count). The van der Waals surface area contributed by atoms with E-state index >= 15 is 0 Å². The van der Waals surface area contributed by atoms with E-state index in [1.54, 1.807) is 31.4 Å². The number of hydrogen-bond donors (Lipinski definition) is 2. The fourth-order valence-corrected chi connectivity index (χ4v) is 3.17. The molecule has 0 radical (unpaired) electrons. The number of aliphatic imine (C=N–C) groups is 1. The maximum Gasteiger partial charge on any atom is 0.191 e. The number of thiazole rings is 1. The van der Waals surface area contributed by atoms with E-state index in [4.69, 9.17) is 0 Å². The fourth-order valence-electron chi connectivity index (χ4n) is 2.35. The van der Waals surface area contributed by atoms with Gasteiger partial charge in [0.15, 0.2) is 5.96 Å². The van der Waals surface area contributed by atoms with Crippen LogP contribution in [0.25, 0.3) is 0 Å². The van der Waals surface area contributed by atoms with Gasteiger partial charge in [-0.15, -0.1) is 35.3 Å². The summed E-state index contributed by atoms with van der Waals surface area (Å²) < 4.78 is 13.3. The van der Waals surface area contributed by atoms with E-state index in [0.29, 0.717) is 12.1 Å². The van der Waals surface area contributed by atoms with Crippen LogP contribution >= 0.6 is 35.3 Å². The first-order chi connectivity index (χ1) is 11.6. The van der Waals surface area contributed by atoms with E-state index in [2.05, 4.69) is 26.0 Å². The number of aromatic nitrogens is 1. The quantitative estimate of drug-likeness (QED) is 0.273. The van der Waals surface area contributed by atoms with Crippen LogP contribution in [-0.4, -0.2) is 24.5 Å². The zero-order chi connectivity index (χ0) is 17.4. The molecule has 2 aromatic rings. The second kappa shape index (κ2) is 11.4. The smallest absolute Gasteiger partial charge is 0.191 e. The van der Waals surface area contributed by atoms with Crippen LogP contribution in [0.2, 0.25) is 0 Å². The molecule has 0 saturated heterocycles. The van der Waals surface area contributed by atoms with Crippen molar-refractivity contribution in [3.05, 3.63) is 51.2 Å².